The average Bonchev–Trinajstić information content (AvgIpc) is 2.89. The van der Waals surface area contributed by atoms with Gasteiger partial charge in [0.2, 0.25) is 0 Å². The molecule has 2 aromatic rings. The van der Waals surface area contributed by atoms with Crippen LogP contribution in [0.5, 0.6) is 0 Å². The lowest BCUT2D eigenvalue weighted by atomic mass is 9.77. The van der Waals surface area contributed by atoms with E-state index >= 15 is 0 Å². The Labute approximate surface area is 123 Å². The lowest BCUT2D eigenvalue weighted by Gasteiger charge is -2.27. The Morgan fingerprint density at radius 2 is 1.81 bits per heavy atom. The van der Waals surface area contributed by atoms with Crippen LogP contribution in [0.2, 0.25) is 0 Å². The fourth-order valence-electron chi connectivity index (χ4n) is 3.15. The van der Waals surface area contributed by atoms with E-state index in [2.05, 4.69) is 6.07 Å². The Morgan fingerprint density at radius 3 is 2.38 bits per heavy atom. The minimum atomic E-state index is -1.13. The molecule has 0 radical (unpaired) electrons. The third kappa shape index (κ3) is 2.22. The maximum atomic E-state index is 14.0. The zero-order chi connectivity index (χ0) is 15.0. The fraction of sp³-hybridized carbons (Fsp3) is 0.278. The van der Waals surface area contributed by atoms with Crippen LogP contribution < -0.4 is 0 Å². The lowest BCUT2D eigenvalue weighted by molar-refractivity contribution is 0.0660. The monoisotopic (exact) mass is 281 g/mol. The summed E-state index contributed by atoms with van der Waals surface area (Å²) in [6.07, 6.45) is -0.225. The normalized spacial score (nSPS) is 17.0. The van der Waals surface area contributed by atoms with E-state index in [0.717, 1.165) is 16.7 Å². The van der Waals surface area contributed by atoms with Crippen LogP contribution in [0.4, 0.5) is 4.39 Å². The van der Waals surface area contributed by atoms with Gasteiger partial charge in [0.05, 0.1) is 11.5 Å². The first kappa shape index (κ1) is 13.8. The summed E-state index contributed by atoms with van der Waals surface area (Å²) in [6, 6.07) is 14.7. The van der Waals surface area contributed by atoms with Crippen LogP contribution in [0, 0.1) is 29.5 Å². The molecule has 2 aromatic carbocycles. The third-order valence-electron chi connectivity index (χ3n) is 4.32. The molecule has 1 aliphatic carbocycles. The van der Waals surface area contributed by atoms with Crippen LogP contribution in [0.1, 0.15) is 28.4 Å². The zero-order valence-electron chi connectivity index (χ0n) is 11.8. The van der Waals surface area contributed by atoms with Gasteiger partial charge in [-0.1, -0.05) is 42.0 Å². The minimum Gasteiger partial charge on any atom is -0.387 e. The Morgan fingerprint density at radius 1 is 1.19 bits per heavy atom. The number of aryl methyl sites for hydroxylation is 1. The molecule has 106 valence electrons. The fourth-order valence-corrected chi connectivity index (χ4v) is 3.15. The Balaban J connectivity index is 2.02. The van der Waals surface area contributed by atoms with Crippen molar-refractivity contribution in [2.45, 2.75) is 25.9 Å². The smallest absolute Gasteiger partial charge is 0.129 e. The predicted molar refractivity (Wildman–Crippen MR) is 78.0 cm³/mol. The second-order valence-electron chi connectivity index (χ2n) is 5.82. The molecule has 1 unspecified atom stereocenters. The summed E-state index contributed by atoms with van der Waals surface area (Å²) in [5.74, 6) is -0.460. The van der Waals surface area contributed by atoms with Crippen LogP contribution >= 0.6 is 0 Å². The van der Waals surface area contributed by atoms with Crippen molar-refractivity contribution in [2.75, 3.05) is 0 Å². The molecule has 0 spiro atoms. The molecule has 0 aromatic heterocycles. The van der Waals surface area contributed by atoms with Crippen molar-refractivity contribution in [3.05, 3.63) is 70.5 Å². The van der Waals surface area contributed by atoms with Gasteiger partial charge < -0.3 is 5.11 Å². The van der Waals surface area contributed by atoms with Crippen LogP contribution in [-0.2, 0) is 12.8 Å². The lowest BCUT2D eigenvalue weighted by Crippen LogP contribution is -2.29. The number of halogens is 1. The highest BCUT2D eigenvalue weighted by Gasteiger charge is 2.45. The Bertz CT molecular complexity index is 707. The molecule has 3 heteroatoms. The molecule has 1 N–H and O–H groups in total. The largest absolute Gasteiger partial charge is 0.387 e. The minimum absolute atomic E-state index is 0.212. The van der Waals surface area contributed by atoms with Crippen molar-refractivity contribution in [1.29, 1.82) is 5.26 Å². The zero-order valence-corrected chi connectivity index (χ0v) is 11.8. The molecule has 0 heterocycles. The number of nitrogens with zero attached hydrogens (tertiary/aromatic N) is 1. The molecule has 2 nitrogen and oxygen atoms in total. The number of hydrogen-bond acceptors (Lipinski definition) is 2. The van der Waals surface area contributed by atoms with Gasteiger partial charge in [0.1, 0.15) is 11.9 Å². The number of nitriles is 1. The van der Waals surface area contributed by atoms with Crippen molar-refractivity contribution in [1.82, 2.24) is 0 Å². The van der Waals surface area contributed by atoms with Gasteiger partial charge in [0, 0.05) is 5.56 Å². The summed E-state index contributed by atoms with van der Waals surface area (Å²) in [6.45, 7) is 1.85. The first-order valence-corrected chi connectivity index (χ1v) is 6.98. The van der Waals surface area contributed by atoms with E-state index in [4.69, 9.17) is 0 Å². The quantitative estimate of drug-likeness (QED) is 0.916. The molecule has 0 saturated carbocycles. The topological polar surface area (TPSA) is 44.0 Å². The van der Waals surface area contributed by atoms with Crippen LogP contribution in [0.25, 0.3) is 0 Å². The number of fused-ring (bicyclic) bond motifs is 1. The second kappa shape index (κ2) is 4.98. The van der Waals surface area contributed by atoms with Crippen molar-refractivity contribution in [3.8, 4) is 6.07 Å². The van der Waals surface area contributed by atoms with Gasteiger partial charge >= 0.3 is 0 Å². The van der Waals surface area contributed by atoms with E-state index in [9.17, 15) is 14.8 Å². The first-order chi connectivity index (χ1) is 10.1. The van der Waals surface area contributed by atoms with E-state index in [1.165, 1.54) is 6.07 Å². The summed E-state index contributed by atoms with van der Waals surface area (Å²) in [7, 11) is 0. The molecular weight excluding hydrogens is 265 g/mol. The molecule has 21 heavy (non-hydrogen) atoms. The Kier molecular flexibility index (Phi) is 3.27. The van der Waals surface area contributed by atoms with Crippen molar-refractivity contribution in [3.63, 3.8) is 0 Å². The maximum Gasteiger partial charge on any atom is 0.129 e. The molecule has 0 saturated heterocycles. The molecule has 0 amide bonds. The van der Waals surface area contributed by atoms with Gasteiger partial charge in [-0.3, -0.25) is 0 Å². The molecule has 0 fully saturated rings. The highest BCUT2D eigenvalue weighted by Crippen LogP contribution is 2.46. The third-order valence-corrected chi connectivity index (χ3v) is 4.32. The van der Waals surface area contributed by atoms with E-state index in [1.807, 2.05) is 31.2 Å². The van der Waals surface area contributed by atoms with E-state index in [-0.39, 0.29) is 5.56 Å². The van der Waals surface area contributed by atoms with Crippen LogP contribution in [0.15, 0.2) is 42.5 Å². The molecular formula is C18H16FNO. The Hall–Kier alpha value is -2.18. The number of benzene rings is 2. The van der Waals surface area contributed by atoms with Crippen molar-refractivity contribution >= 4 is 0 Å². The molecule has 3 rings (SSSR count). The van der Waals surface area contributed by atoms with Gasteiger partial charge in [-0.25, -0.2) is 4.39 Å². The van der Waals surface area contributed by atoms with Gasteiger partial charge in [-0.2, -0.15) is 5.26 Å². The van der Waals surface area contributed by atoms with Gasteiger partial charge in [0.15, 0.2) is 0 Å². The summed E-state index contributed by atoms with van der Waals surface area (Å²) < 4.78 is 14.0. The van der Waals surface area contributed by atoms with Gasteiger partial charge in [-0.05, 0) is 37.0 Å². The number of hydrogen-bond donors (Lipinski definition) is 1. The van der Waals surface area contributed by atoms with Crippen molar-refractivity contribution < 1.29 is 9.50 Å². The standard InChI is InChI=1S/C18H16FNO/c1-12-6-7-16(19)15(8-12)17(21)18(11-20)9-13-4-2-3-5-14(13)10-18/h2-8,17,21H,9-10H2,1H3. The van der Waals surface area contributed by atoms with Crippen molar-refractivity contribution in [2.24, 2.45) is 5.41 Å². The average molecular weight is 281 g/mol. The number of aliphatic hydroxyl groups is 1. The summed E-state index contributed by atoms with van der Waals surface area (Å²) in [5, 5.41) is 20.3. The highest BCUT2D eigenvalue weighted by molar-refractivity contribution is 5.40. The first-order valence-electron chi connectivity index (χ1n) is 6.98. The summed E-state index contributed by atoms with van der Waals surface area (Å²) in [5.41, 5.74) is 2.22. The van der Waals surface area contributed by atoms with Gasteiger partial charge in [0.25, 0.3) is 0 Å². The summed E-state index contributed by atoms with van der Waals surface area (Å²) >= 11 is 0. The molecule has 1 atom stereocenters. The number of rotatable bonds is 2. The molecule has 1 aliphatic rings. The molecule has 0 aliphatic heterocycles. The van der Waals surface area contributed by atoms with Gasteiger partial charge in [-0.15, -0.1) is 0 Å². The van der Waals surface area contributed by atoms with Crippen LogP contribution in [-0.4, -0.2) is 5.11 Å². The van der Waals surface area contributed by atoms with E-state index in [0.29, 0.717) is 12.8 Å². The van der Waals surface area contributed by atoms with Crippen LogP contribution in [0.3, 0.4) is 0 Å². The molecule has 0 bridgehead atoms. The summed E-state index contributed by atoms with van der Waals surface area (Å²) in [4.78, 5) is 0. The second-order valence-corrected chi connectivity index (χ2v) is 5.82. The number of aliphatic hydroxyl groups excluding tert-OH is 1. The maximum absolute atomic E-state index is 14.0. The SMILES string of the molecule is Cc1ccc(F)c(C(O)C2(C#N)Cc3ccccc3C2)c1. The van der Waals surface area contributed by atoms with E-state index in [1.54, 1.807) is 12.1 Å². The van der Waals surface area contributed by atoms with E-state index < -0.39 is 17.3 Å². The highest BCUT2D eigenvalue weighted by atomic mass is 19.1. The predicted octanol–water partition coefficient (Wildman–Crippen LogP) is 3.48.